The monoisotopic (exact) mass is 421 g/mol. The van der Waals surface area contributed by atoms with Crippen molar-refractivity contribution in [3.05, 3.63) is 71.3 Å². The molecule has 0 aliphatic carbocycles. The molecule has 1 saturated heterocycles. The third kappa shape index (κ3) is 4.43. The van der Waals surface area contributed by atoms with E-state index in [0.717, 1.165) is 42.9 Å². The van der Waals surface area contributed by atoms with E-state index in [0.29, 0.717) is 0 Å². The molecule has 1 atom stereocenters. The first-order valence-electron chi connectivity index (χ1n) is 10.8. The quantitative estimate of drug-likeness (QED) is 0.664. The Hall–Kier alpha value is -2.90. The molecule has 1 aromatic carbocycles. The van der Waals surface area contributed by atoms with Gasteiger partial charge in [0.2, 0.25) is 5.91 Å². The van der Waals surface area contributed by atoms with E-state index in [4.69, 9.17) is 4.74 Å². The zero-order valence-corrected chi connectivity index (χ0v) is 18.4. The van der Waals surface area contributed by atoms with Crippen LogP contribution in [0.5, 0.6) is 0 Å². The number of ether oxygens (including phenoxy) is 1. The number of nitrogens with one attached hydrogen (secondary N) is 3. The summed E-state index contributed by atoms with van der Waals surface area (Å²) in [5.74, 6) is 1.04. The predicted molar refractivity (Wildman–Crippen MR) is 121 cm³/mol. The van der Waals surface area contributed by atoms with Gasteiger partial charge in [-0.2, -0.15) is 0 Å². The molecule has 31 heavy (non-hydrogen) atoms. The molecule has 2 aliphatic rings. The number of likely N-dealkylation sites (tertiary alicyclic amines) is 1. The maximum absolute atomic E-state index is 12.1. The van der Waals surface area contributed by atoms with Crippen LogP contribution in [0.25, 0.3) is 5.57 Å². The summed E-state index contributed by atoms with van der Waals surface area (Å²) in [4.78, 5) is 18.2. The van der Waals surface area contributed by atoms with Gasteiger partial charge in [0.05, 0.1) is 5.54 Å². The molecule has 1 fully saturated rings. The topological polar surface area (TPSA) is 78.5 Å². The van der Waals surface area contributed by atoms with Crippen molar-refractivity contribution in [2.24, 2.45) is 0 Å². The van der Waals surface area contributed by atoms with Crippen LogP contribution in [-0.2, 0) is 15.1 Å². The van der Waals surface area contributed by atoms with Crippen LogP contribution in [0.1, 0.15) is 36.5 Å². The van der Waals surface area contributed by atoms with Gasteiger partial charge < -0.3 is 20.4 Å². The zero-order valence-electron chi connectivity index (χ0n) is 18.4. The molecule has 7 nitrogen and oxygen atoms in total. The first kappa shape index (κ1) is 21.3. The van der Waals surface area contributed by atoms with Crippen molar-refractivity contribution in [2.75, 3.05) is 26.8 Å². The van der Waals surface area contributed by atoms with E-state index < -0.39 is 5.54 Å². The third-order valence-electron chi connectivity index (χ3n) is 6.25. The number of amides is 1. The van der Waals surface area contributed by atoms with Gasteiger partial charge in [-0.25, -0.2) is 5.43 Å². The van der Waals surface area contributed by atoms with Crippen LogP contribution in [-0.4, -0.2) is 48.6 Å². The first-order valence-corrected chi connectivity index (χ1v) is 10.8. The largest absolute Gasteiger partial charge is 0.375 e. The summed E-state index contributed by atoms with van der Waals surface area (Å²) in [6, 6.07) is 13.0. The Morgan fingerprint density at radius 3 is 2.52 bits per heavy atom. The molecule has 1 amide bonds. The molecule has 164 valence electrons. The molecular formula is C24H31N5O2. The lowest BCUT2D eigenvalue weighted by atomic mass is 9.82. The average Bonchev–Trinajstić information content (AvgIpc) is 3.12. The predicted octanol–water partition coefficient (Wildman–Crippen LogP) is 2.31. The number of aryl methyl sites for hydroxylation is 1. The van der Waals surface area contributed by atoms with E-state index in [1.807, 2.05) is 29.4 Å². The lowest BCUT2D eigenvalue weighted by molar-refractivity contribution is -0.136. The first-order chi connectivity index (χ1) is 15.0. The van der Waals surface area contributed by atoms with E-state index >= 15 is 0 Å². The third-order valence-corrected chi connectivity index (χ3v) is 6.25. The summed E-state index contributed by atoms with van der Waals surface area (Å²) in [5.41, 5.74) is 11.2. The van der Waals surface area contributed by atoms with Crippen LogP contribution in [0.4, 0.5) is 0 Å². The fourth-order valence-electron chi connectivity index (χ4n) is 4.42. The maximum atomic E-state index is 12.1. The molecule has 4 rings (SSSR count). The Morgan fingerprint density at radius 2 is 1.87 bits per heavy atom. The van der Waals surface area contributed by atoms with E-state index in [-0.39, 0.29) is 18.6 Å². The number of pyridine rings is 1. The number of nitrogens with zero attached hydrogens (tertiary/aromatic N) is 2. The summed E-state index contributed by atoms with van der Waals surface area (Å²) in [7, 11) is 1.56. The van der Waals surface area contributed by atoms with Gasteiger partial charge in [0.15, 0.2) is 0 Å². The van der Waals surface area contributed by atoms with E-state index in [2.05, 4.69) is 59.3 Å². The van der Waals surface area contributed by atoms with Crippen molar-refractivity contribution in [3.63, 3.8) is 0 Å². The second-order valence-corrected chi connectivity index (χ2v) is 8.46. The standard InChI is InChI=1S/C24H31N5O2/c1-17-4-6-19(7-5-17)24(2)22(18-8-12-25-13-9-18)23(27-28-24)26-20-10-14-29(15-11-20)21(30)16-31-3/h4-9,12-13,20,26-28H,10-11,14-16H2,1-3H3/t24-/m1/s1. The lowest BCUT2D eigenvalue weighted by Gasteiger charge is -2.33. The van der Waals surface area contributed by atoms with Gasteiger partial charge in [-0.15, -0.1) is 0 Å². The molecule has 0 unspecified atom stereocenters. The molecular weight excluding hydrogens is 390 g/mol. The summed E-state index contributed by atoms with van der Waals surface area (Å²) < 4.78 is 4.99. The van der Waals surface area contributed by atoms with Gasteiger partial charge in [-0.05, 0) is 49.9 Å². The molecule has 0 saturated carbocycles. The molecule has 0 bridgehead atoms. The fraction of sp³-hybridized carbons (Fsp3) is 0.417. The molecule has 2 aromatic rings. The molecule has 2 aliphatic heterocycles. The number of rotatable bonds is 6. The van der Waals surface area contributed by atoms with Crippen LogP contribution in [0.15, 0.2) is 54.6 Å². The minimum atomic E-state index is -0.396. The summed E-state index contributed by atoms with van der Waals surface area (Å²) in [5, 5.41) is 3.71. The van der Waals surface area contributed by atoms with Gasteiger partial charge in [-0.1, -0.05) is 29.8 Å². The van der Waals surface area contributed by atoms with Gasteiger partial charge in [0.25, 0.3) is 0 Å². The zero-order chi connectivity index (χ0) is 21.8. The second-order valence-electron chi connectivity index (χ2n) is 8.46. The highest BCUT2D eigenvalue weighted by Crippen LogP contribution is 2.40. The molecule has 0 spiro atoms. The fourth-order valence-corrected chi connectivity index (χ4v) is 4.42. The van der Waals surface area contributed by atoms with Crippen LogP contribution in [0.3, 0.4) is 0 Å². The Kier molecular flexibility index (Phi) is 6.25. The highest BCUT2D eigenvalue weighted by molar-refractivity contribution is 5.78. The number of methoxy groups -OCH3 is 1. The normalized spacial score (nSPS) is 21.8. The smallest absolute Gasteiger partial charge is 0.248 e. The van der Waals surface area contributed by atoms with Crippen molar-refractivity contribution in [1.29, 1.82) is 0 Å². The van der Waals surface area contributed by atoms with E-state index in [1.165, 1.54) is 11.1 Å². The Labute approximate surface area is 183 Å². The van der Waals surface area contributed by atoms with Gasteiger partial charge >= 0.3 is 0 Å². The molecule has 7 heteroatoms. The molecule has 0 radical (unpaired) electrons. The van der Waals surface area contributed by atoms with Crippen molar-refractivity contribution in [2.45, 2.75) is 38.3 Å². The minimum Gasteiger partial charge on any atom is -0.375 e. The van der Waals surface area contributed by atoms with Gasteiger partial charge in [0.1, 0.15) is 12.4 Å². The van der Waals surface area contributed by atoms with Crippen molar-refractivity contribution < 1.29 is 9.53 Å². The number of piperidine rings is 1. The summed E-state index contributed by atoms with van der Waals surface area (Å²) in [6.45, 7) is 5.92. The highest BCUT2D eigenvalue weighted by Gasteiger charge is 2.40. The Morgan fingerprint density at radius 1 is 1.19 bits per heavy atom. The highest BCUT2D eigenvalue weighted by atomic mass is 16.5. The van der Waals surface area contributed by atoms with Crippen LogP contribution in [0.2, 0.25) is 0 Å². The number of carbonyl (C=O) groups is 1. The van der Waals surface area contributed by atoms with Crippen molar-refractivity contribution >= 4 is 11.5 Å². The summed E-state index contributed by atoms with van der Waals surface area (Å²) >= 11 is 0. The number of carbonyl (C=O) groups excluding carboxylic acids is 1. The Balaban J connectivity index is 1.59. The average molecular weight is 422 g/mol. The SMILES string of the molecule is COCC(=O)N1CCC(NC2=C(c3ccncc3)[C@@](C)(c3ccc(C)cc3)NN2)CC1. The van der Waals surface area contributed by atoms with Crippen LogP contribution in [0, 0.1) is 6.92 Å². The number of hydrazine groups is 1. The number of hydrogen-bond acceptors (Lipinski definition) is 6. The van der Waals surface area contributed by atoms with Crippen molar-refractivity contribution in [1.82, 2.24) is 26.1 Å². The van der Waals surface area contributed by atoms with Gasteiger partial charge in [-0.3, -0.25) is 9.78 Å². The number of aromatic nitrogens is 1. The van der Waals surface area contributed by atoms with E-state index in [9.17, 15) is 4.79 Å². The summed E-state index contributed by atoms with van der Waals surface area (Å²) in [6.07, 6.45) is 5.44. The molecule has 3 N–H and O–H groups in total. The lowest BCUT2D eigenvalue weighted by Crippen LogP contribution is -2.47. The van der Waals surface area contributed by atoms with E-state index in [1.54, 1.807) is 7.11 Å². The van der Waals surface area contributed by atoms with Crippen molar-refractivity contribution in [3.8, 4) is 0 Å². The van der Waals surface area contributed by atoms with Crippen LogP contribution >= 0.6 is 0 Å². The maximum Gasteiger partial charge on any atom is 0.248 e. The number of benzene rings is 1. The van der Waals surface area contributed by atoms with Crippen LogP contribution < -0.4 is 16.2 Å². The minimum absolute atomic E-state index is 0.0604. The number of hydrogen-bond donors (Lipinski definition) is 3. The Bertz CT molecular complexity index is 936. The molecule has 3 heterocycles. The van der Waals surface area contributed by atoms with Gasteiger partial charge in [0, 0.05) is 44.2 Å². The molecule has 1 aromatic heterocycles. The second kappa shape index (κ2) is 9.08.